The monoisotopic (exact) mass is 380 g/mol. The van der Waals surface area contributed by atoms with E-state index >= 15 is 0 Å². The number of methoxy groups -OCH3 is 1. The normalized spacial score (nSPS) is 11.4. The standard InChI is InChI=1S/C17H32O9/c1-17(2,3)26-16(19)14-25-12-10-23-8-6-21-5-7-22-9-11-24-13-15(18)20-4/h5-14H2,1-4H3. The fourth-order valence-corrected chi connectivity index (χ4v) is 1.52. The Bertz CT molecular complexity index is 366. The first-order valence-corrected chi connectivity index (χ1v) is 8.52. The van der Waals surface area contributed by atoms with Crippen molar-refractivity contribution in [2.75, 3.05) is 73.2 Å². The fourth-order valence-electron chi connectivity index (χ4n) is 1.52. The Hall–Kier alpha value is -1.26. The summed E-state index contributed by atoms with van der Waals surface area (Å²) in [6, 6.07) is 0. The number of carbonyl (C=O) groups excluding carboxylic acids is 2. The van der Waals surface area contributed by atoms with Crippen LogP contribution in [0.2, 0.25) is 0 Å². The Labute approximate surface area is 155 Å². The quantitative estimate of drug-likeness (QED) is 0.281. The van der Waals surface area contributed by atoms with Crippen molar-refractivity contribution in [3.8, 4) is 0 Å². The van der Waals surface area contributed by atoms with Gasteiger partial charge in [-0.1, -0.05) is 0 Å². The van der Waals surface area contributed by atoms with Gasteiger partial charge in [0.05, 0.1) is 60.0 Å². The number of ether oxygens (including phenoxy) is 7. The SMILES string of the molecule is COC(=O)COCCOCCOCCOCCOCC(=O)OC(C)(C)C. The Balaban J connectivity index is 3.18. The van der Waals surface area contributed by atoms with Crippen LogP contribution in [-0.4, -0.2) is 90.7 Å². The van der Waals surface area contributed by atoms with E-state index in [2.05, 4.69) is 4.74 Å². The van der Waals surface area contributed by atoms with Crippen LogP contribution in [0.15, 0.2) is 0 Å². The van der Waals surface area contributed by atoms with Gasteiger partial charge in [-0.2, -0.15) is 0 Å². The van der Waals surface area contributed by atoms with E-state index in [4.69, 9.17) is 28.4 Å². The number of rotatable bonds is 16. The molecular formula is C17H32O9. The van der Waals surface area contributed by atoms with Crippen molar-refractivity contribution in [1.82, 2.24) is 0 Å². The highest BCUT2D eigenvalue weighted by atomic mass is 16.6. The van der Waals surface area contributed by atoms with E-state index in [1.807, 2.05) is 0 Å². The van der Waals surface area contributed by atoms with Crippen molar-refractivity contribution >= 4 is 11.9 Å². The molecule has 0 N–H and O–H groups in total. The van der Waals surface area contributed by atoms with Gasteiger partial charge in [-0.05, 0) is 20.8 Å². The molecule has 0 aromatic rings. The summed E-state index contributed by atoms with van der Waals surface area (Å²) < 4.78 is 35.6. The molecular weight excluding hydrogens is 348 g/mol. The highest BCUT2D eigenvalue weighted by Gasteiger charge is 2.15. The van der Waals surface area contributed by atoms with Crippen molar-refractivity contribution in [3.63, 3.8) is 0 Å². The van der Waals surface area contributed by atoms with Crippen LogP contribution in [-0.2, 0) is 42.7 Å². The molecule has 0 amide bonds. The molecule has 154 valence electrons. The Kier molecular flexibility index (Phi) is 15.2. The predicted octanol–water partition coefficient (Wildman–Crippen LogP) is 0.584. The van der Waals surface area contributed by atoms with Crippen LogP contribution < -0.4 is 0 Å². The Morgan fingerprint density at radius 3 is 1.31 bits per heavy atom. The van der Waals surface area contributed by atoms with Crippen LogP contribution in [0.4, 0.5) is 0 Å². The third-order valence-electron chi connectivity index (χ3n) is 2.58. The molecule has 0 saturated heterocycles. The fraction of sp³-hybridized carbons (Fsp3) is 0.882. The molecule has 0 saturated carbocycles. The minimum absolute atomic E-state index is 0.0742. The third kappa shape index (κ3) is 19.1. The molecule has 9 nitrogen and oxygen atoms in total. The molecule has 26 heavy (non-hydrogen) atoms. The molecule has 0 atom stereocenters. The summed E-state index contributed by atoms with van der Waals surface area (Å²) in [5.74, 6) is -0.805. The zero-order valence-electron chi connectivity index (χ0n) is 16.2. The van der Waals surface area contributed by atoms with E-state index in [9.17, 15) is 9.59 Å². The van der Waals surface area contributed by atoms with Gasteiger partial charge in [0.1, 0.15) is 18.8 Å². The average Bonchev–Trinajstić information content (AvgIpc) is 2.56. The maximum Gasteiger partial charge on any atom is 0.332 e. The van der Waals surface area contributed by atoms with Crippen LogP contribution >= 0.6 is 0 Å². The molecule has 0 bridgehead atoms. The summed E-state index contributed by atoms with van der Waals surface area (Å²) in [6.45, 7) is 8.38. The first kappa shape index (κ1) is 24.7. The van der Waals surface area contributed by atoms with Gasteiger partial charge in [0, 0.05) is 0 Å². The summed E-state index contributed by atoms with van der Waals surface area (Å²) in [4.78, 5) is 22.1. The van der Waals surface area contributed by atoms with Gasteiger partial charge in [0.2, 0.25) is 0 Å². The molecule has 0 aliphatic rings. The smallest absolute Gasteiger partial charge is 0.332 e. The molecule has 0 fully saturated rings. The molecule has 0 aliphatic carbocycles. The van der Waals surface area contributed by atoms with E-state index in [0.717, 1.165) is 0 Å². The minimum atomic E-state index is -0.506. The molecule has 0 unspecified atom stereocenters. The van der Waals surface area contributed by atoms with Crippen LogP contribution in [0.1, 0.15) is 20.8 Å². The lowest BCUT2D eigenvalue weighted by atomic mass is 10.2. The minimum Gasteiger partial charge on any atom is -0.467 e. The summed E-state index contributed by atoms with van der Waals surface area (Å²) in [6.07, 6.45) is 0. The predicted molar refractivity (Wildman–Crippen MR) is 92.0 cm³/mol. The number of hydrogen-bond acceptors (Lipinski definition) is 9. The van der Waals surface area contributed by atoms with E-state index in [-0.39, 0.29) is 13.2 Å². The Morgan fingerprint density at radius 2 is 0.962 bits per heavy atom. The second-order valence-corrected chi connectivity index (χ2v) is 6.10. The first-order chi connectivity index (χ1) is 12.3. The van der Waals surface area contributed by atoms with Gasteiger partial charge in [-0.3, -0.25) is 0 Å². The molecule has 0 aliphatic heterocycles. The summed E-state index contributed by atoms with van der Waals surface area (Å²) in [5.41, 5.74) is -0.506. The van der Waals surface area contributed by atoms with Gasteiger partial charge < -0.3 is 33.2 Å². The zero-order chi connectivity index (χ0) is 19.7. The average molecular weight is 380 g/mol. The van der Waals surface area contributed by atoms with E-state index in [0.29, 0.717) is 52.9 Å². The largest absolute Gasteiger partial charge is 0.467 e. The lowest BCUT2D eigenvalue weighted by Gasteiger charge is -2.19. The summed E-state index contributed by atoms with van der Waals surface area (Å²) in [5, 5.41) is 0. The van der Waals surface area contributed by atoms with Crippen molar-refractivity contribution in [2.24, 2.45) is 0 Å². The molecule has 0 radical (unpaired) electrons. The van der Waals surface area contributed by atoms with Crippen molar-refractivity contribution in [3.05, 3.63) is 0 Å². The molecule has 0 aromatic heterocycles. The van der Waals surface area contributed by atoms with Crippen molar-refractivity contribution in [2.45, 2.75) is 26.4 Å². The number of esters is 2. The zero-order valence-corrected chi connectivity index (χ0v) is 16.2. The highest BCUT2D eigenvalue weighted by molar-refractivity contribution is 5.71. The first-order valence-electron chi connectivity index (χ1n) is 8.52. The Morgan fingerprint density at radius 1 is 0.615 bits per heavy atom. The number of hydrogen-bond donors (Lipinski definition) is 0. The van der Waals surface area contributed by atoms with Gasteiger partial charge in [-0.15, -0.1) is 0 Å². The van der Waals surface area contributed by atoms with Crippen molar-refractivity contribution in [1.29, 1.82) is 0 Å². The second kappa shape index (κ2) is 16.0. The maximum absolute atomic E-state index is 11.4. The maximum atomic E-state index is 11.4. The van der Waals surface area contributed by atoms with Crippen LogP contribution in [0.3, 0.4) is 0 Å². The topological polar surface area (TPSA) is 98.8 Å². The molecule has 0 spiro atoms. The molecule has 0 aromatic carbocycles. The van der Waals surface area contributed by atoms with Crippen LogP contribution in [0.25, 0.3) is 0 Å². The molecule has 9 heteroatoms. The van der Waals surface area contributed by atoms with E-state index in [1.165, 1.54) is 7.11 Å². The third-order valence-corrected chi connectivity index (χ3v) is 2.58. The van der Waals surface area contributed by atoms with Gasteiger partial charge in [0.25, 0.3) is 0 Å². The summed E-state index contributed by atoms with van der Waals surface area (Å²) in [7, 11) is 1.31. The lowest BCUT2D eigenvalue weighted by Crippen LogP contribution is -2.27. The van der Waals surface area contributed by atoms with Crippen LogP contribution in [0, 0.1) is 0 Å². The lowest BCUT2D eigenvalue weighted by molar-refractivity contribution is -0.160. The number of carbonyl (C=O) groups is 2. The highest BCUT2D eigenvalue weighted by Crippen LogP contribution is 2.06. The summed E-state index contributed by atoms with van der Waals surface area (Å²) >= 11 is 0. The second-order valence-electron chi connectivity index (χ2n) is 6.10. The van der Waals surface area contributed by atoms with Gasteiger partial charge in [0.15, 0.2) is 0 Å². The van der Waals surface area contributed by atoms with Gasteiger partial charge >= 0.3 is 11.9 Å². The molecule has 0 heterocycles. The molecule has 0 rings (SSSR count). The van der Waals surface area contributed by atoms with E-state index < -0.39 is 17.5 Å². The van der Waals surface area contributed by atoms with Crippen LogP contribution in [0.5, 0.6) is 0 Å². The van der Waals surface area contributed by atoms with E-state index in [1.54, 1.807) is 20.8 Å². The van der Waals surface area contributed by atoms with Crippen molar-refractivity contribution < 1.29 is 42.7 Å². The van der Waals surface area contributed by atoms with Gasteiger partial charge in [-0.25, -0.2) is 9.59 Å².